The van der Waals surface area contributed by atoms with Gasteiger partial charge in [-0.2, -0.15) is 0 Å². The standard InChI is InChI=1S/C16H21Si.3ClH.Ti/c1-5-17(4,15-9-7-6-8-10-15)16-12-11-13(2)14(16)3;;;;/h6-10H,5,12H2,1-4H3;3*1H;/q;;;;+3/p-3. The van der Waals surface area contributed by atoms with Crippen molar-refractivity contribution < 1.29 is 57.7 Å². The van der Waals surface area contributed by atoms with Crippen LogP contribution in [0, 0.1) is 0 Å². The number of benzene rings is 1. The zero-order chi connectivity index (χ0) is 13.3. The molecule has 1 atom stereocenters. The molecule has 0 nitrogen and oxygen atoms in total. The van der Waals surface area contributed by atoms with E-state index in [4.69, 9.17) is 0 Å². The van der Waals surface area contributed by atoms with E-state index in [9.17, 15) is 0 Å². The molecule has 0 fully saturated rings. The van der Waals surface area contributed by atoms with Crippen LogP contribution in [0.15, 0.2) is 50.6 Å². The summed E-state index contributed by atoms with van der Waals surface area (Å²) in [5.74, 6) is 0. The Hall–Kier alpha value is 0.501. The molecule has 1 unspecified atom stereocenters. The Morgan fingerprint density at radius 1 is 1.00 bits per heavy atom. The Bertz CT molecular complexity index is 526. The van der Waals surface area contributed by atoms with Gasteiger partial charge in [0, 0.05) is 0 Å². The van der Waals surface area contributed by atoms with Gasteiger partial charge in [0.2, 0.25) is 0 Å². The first kappa shape index (κ1) is 23.8. The number of hydrogen-bond acceptors (Lipinski definition) is 0. The minimum Gasteiger partial charge on any atom is -1.00 e. The van der Waals surface area contributed by atoms with Gasteiger partial charge >= 0.3 is 124 Å². The third kappa shape index (κ3) is 4.50. The van der Waals surface area contributed by atoms with E-state index in [-0.39, 0.29) is 37.2 Å². The molecule has 1 aromatic carbocycles. The van der Waals surface area contributed by atoms with E-state index in [2.05, 4.69) is 78.1 Å². The molecule has 114 valence electrons. The van der Waals surface area contributed by atoms with Crippen molar-refractivity contribution in [1.82, 2.24) is 0 Å². The number of allylic oxidation sites excluding steroid dienone is 4. The van der Waals surface area contributed by atoms with Gasteiger partial charge in [-0.05, 0) is 0 Å². The van der Waals surface area contributed by atoms with Crippen LogP contribution in [0.2, 0.25) is 12.6 Å². The molecule has 0 saturated heterocycles. The van der Waals surface area contributed by atoms with E-state index < -0.39 is 8.07 Å². The molecule has 0 saturated carbocycles. The molecule has 1 aromatic rings. The fourth-order valence-electron chi connectivity index (χ4n) is 2.90. The molecule has 21 heavy (non-hydrogen) atoms. The summed E-state index contributed by atoms with van der Waals surface area (Å²) in [5, 5.41) is 3.34. The van der Waals surface area contributed by atoms with E-state index in [1.807, 2.05) is 0 Å². The fraction of sp³-hybridized carbons (Fsp3) is 0.375. The van der Waals surface area contributed by atoms with Gasteiger partial charge in [-0.15, -0.1) is 0 Å². The van der Waals surface area contributed by atoms with Crippen molar-refractivity contribution in [3.8, 4) is 0 Å². The normalized spacial score (nSPS) is 16.7. The Labute approximate surface area is 160 Å². The van der Waals surface area contributed by atoms with E-state index in [0.29, 0.717) is 0 Å². The Morgan fingerprint density at radius 2 is 1.52 bits per heavy atom. The maximum Gasteiger partial charge on any atom is -1.00 e. The Morgan fingerprint density at radius 3 is 1.90 bits per heavy atom. The smallest absolute Gasteiger partial charge is 1.00 e. The van der Waals surface area contributed by atoms with E-state index in [1.165, 1.54) is 18.0 Å². The van der Waals surface area contributed by atoms with Crippen LogP contribution >= 0.6 is 0 Å². The molecule has 0 heterocycles. The van der Waals surface area contributed by atoms with E-state index in [0.717, 1.165) is 0 Å². The molecular formula is C16H21Cl3SiTi. The largest absolute Gasteiger partial charge is 1.00 e. The van der Waals surface area contributed by atoms with Gasteiger partial charge < -0.3 is 37.2 Å². The maximum atomic E-state index is 2.53. The predicted octanol–water partition coefficient (Wildman–Crippen LogP) is -4.92. The van der Waals surface area contributed by atoms with E-state index >= 15 is 0 Å². The average Bonchev–Trinajstić information content (AvgIpc) is 2.67. The van der Waals surface area contributed by atoms with Gasteiger partial charge in [0.15, 0.2) is 0 Å². The molecular weight excluding hydrogens is 374 g/mol. The van der Waals surface area contributed by atoms with Crippen LogP contribution in [0.5, 0.6) is 0 Å². The summed E-state index contributed by atoms with van der Waals surface area (Å²) in [6, 6.07) is 12.5. The first-order valence-electron chi connectivity index (χ1n) is 6.68. The molecule has 0 aromatic heterocycles. The topological polar surface area (TPSA) is 0 Å². The van der Waals surface area contributed by atoms with Gasteiger partial charge in [-0.1, -0.05) is 0 Å². The van der Waals surface area contributed by atoms with Crippen LogP contribution in [-0.2, 0) is 20.4 Å². The summed E-state index contributed by atoms with van der Waals surface area (Å²) in [6.45, 7) is 9.51. The molecule has 1 aliphatic rings. The zero-order valence-corrected chi connectivity index (χ0v) is 17.8. The van der Waals surface area contributed by atoms with Crippen LogP contribution in [0.3, 0.4) is 0 Å². The van der Waals surface area contributed by atoms with Crippen LogP contribution in [0.4, 0.5) is 0 Å². The van der Waals surface area contributed by atoms with Crippen LogP contribution < -0.4 is 42.4 Å². The molecule has 0 aliphatic heterocycles. The second-order valence-electron chi connectivity index (χ2n) is 5.44. The second kappa shape index (κ2) is 9.60. The minimum absolute atomic E-state index is 0. The van der Waals surface area contributed by atoms with Gasteiger partial charge in [0.25, 0.3) is 0 Å². The molecule has 0 radical (unpaired) electrons. The molecule has 0 spiro atoms. The zero-order valence-electron chi connectivity index (χ0n) is 12.9. The Kier molecular flexibility index (Phi) is 10.9. The monoisotopic (exact) mass is 394 g/mol. The minimum atomic E-state index is -1.48. The van der Waals surface area contributed by atoms with Gasteiger partial charge in [-0.25, -0.2) is 0 Å². The van der Waals surface area contributed by atoms with Crippen molar-refractivity contribution in [3.63, 3.8) is 0 Å². The predicted molar refractivity (Wildman–Crippen MR) is 78.2 cm³/mol. The molecule has 1 aliphatic carbocycles. The second-order valence-corrected chi connectivity index (χ2v) is 10.9. The third-order valence-electron chi connectivity index (χ3n) is 4.61. The van der Waals surface area contributed by atoms with Crippen LogP contribution in [0.25, 0.3) is 0 Å². The summed E-state index contributed by atoms with van der Waals surface area (Å²) in [4.78, 5) is 0. The summed E-state index contributed by atoms with van der Waals surface area (Å²) in [7, 11) is -1.48. The quantitative estimate of drug-likeness (QED) is 0.450. The van der Waals surface area contributed by atoms with Crippen molar-refractivity contribution in [2.45, 2.75) is 39.8 Å². The maximum absolute atomic E-state index is 2.53. The van der Waals surface area contributed by atoms with E-state index in [1.54, 1.807) is 19.8 Å². The molecule has 2 rings (SSSR count). The number of rotatable bonds is 3. The average molecular weight is 396 g/mol. The fourth-order valence-corrected chi connectivity index (χ4v) is 7.44. The SMILES string of the molecule is CC[Si](C)(C1=C(C)C(C)=[C]([Ti+3])C1)c1ccccc1.[Cl-].[Cl-].[Cl-]. The molecule has 0 amide bonds. The third-order valence-corrected chi connectivity index (χ3v) is 10.4. The van der Waals surface area contributed by atoms with Crippen molar-refractivity contribution >= 4 is 13.3 Å². The van der Waals surface area contributed by atoms with Gasteiger partial charge in [-0.3, -0.25) is 0 Å². The first-order chi connectivity index (χ1) is 8.50. The van der Waals surface area contributed by atoms with Crippen molar-refractivity contribution in [1.29, 1.82) is 0 Å². The van der Waals surface area contributed by atoms with Crippen LogP contribution in [-0.4, -0.2) is 8.07 Å². The van der Waals surface area contributed by atoms with Crippen molar-refractivity contribution in [2.24, 2.45) is 0 Å². The van der Waals surface area contributed by atoms with Crippen molar-refractivity contribution in [2.75, 3.05) is 0 Å². The molecule has 0 N–H and O–H groups in total. The van der Waals surface area contributed by atoms with Crippen LogP contribution in [0.1, 0.15) is 27.2 Å². The van der Waals surface area contributed by atoms with Gasteiger partial charge in [0.05, 0.1) is 0 Å². The number of hydrogen-bond donors (Lipinski definition) is 0. The summed E-state index contributed by atoms with van der Waals surface area (Å²) < 4.78 is 1.57. The van der Waals surface area contributed by atoms with Gasteiger partial charge in [0.1, 0.15) is 0 Å². The summed E-state index contributed by atoms with van der Waals surface area (Å²) in [6.07, 6.45) is 1.21. The summed E-state index contributed by atoms with van der Waals surface area (Å²) >= 11 is 2.29. The molecule has 0 bridgehead atoms. The summed E-state index contributed by atoms with van der Waals surface area (Å²) in [5.41, 5.74) is 3.11. The first-order valence-corrected chi connectivity index (χ1v) is 10.2. The van der Waals surface area contributed by atoms with Crippen molar-refractivity contribution in [3.05, 3.63) is 50.6 Å². The Balaban J connectivity index is 0. The molecule has 5 heteroatoms. The number of halogens is 3.